The molecule has 1 aliphatic carbocycles. The lowest BCUT2D eigenvalue weighted by molar-refractivity contribution is -0.147. The zero-order valence-electron chi connectivity index (χ0n) is 11.4. The smallest absolute Gasteiger partial charge is 0.319 e. The van der Waals surface area contributed by atoms with Gasteiger partial charge in [0.2, 0.25) is 5.91 Å². The molecule has 1 aromatic rings. The maximum atomic E-state index is 12.0. The summed E-state index contributed by atoms with van der Waals surface area (Å²) in [5.41, 5.74) is -0.769. The van der Waals surface area contributed by atoms with Crippen molar-refractivity contribution in [1.82, 2.24) is 0 Å². The van der Waals surface area contributed by atoms with Gasteiger partial charge in [0.25, 0.3) is 0 Å². The highest BCUT2D eigenvalue weighted by molar-refractivity contribution is 6.10. The van der Waals surface area contributed by atoms with E-state index in [9.17, 15) is 9.59 Å². The lowest BCUT2D eigenvalue weighted by atomic mass is 10.1. The van der Waals surface area contributed by atoms with Crippen molar-refractivity contribution in [2.24, 2.45) is 5.41 Å². The molecule has 0 heterocycles. The SMILES string of the molecule is CCOc1ccc(NC(=O)C2(C(=O)O)CC2)cc1OC. The van der Waals surface area contributed by atoms with Crippen molar-refractivity contribution in [1.29, 1.82) is 0 Å². The summed E-state index contributed by atoms with van der Waals surface area (Å²) >= 11 is 0. The fourth-order valence-electron chi connectivity index (χ4n) is 1.93. The van der Waals surface area contributed by atoms with Gasteiger partial charge in [0.05, 0.1) is 13.7 Å². The molecule has 2 rings (SSSR count). The second-order valence-corrected chi connectivity index (χ2v) is 4.64. The van der Waals surface area contributed by atoms with E-state index in [-0.39, 0.29) is 0 Å². The van der Waals surface area contributed by atoms with Crippen LogP contribution in [0.3, 0.4) is 0 Å². The molecule has 1 aromatic carbocycles. The Kier molecular flexibility index (Phi) is 3.83. The van der Waals surface area contributed by atoms with Crippen molar-refractivity contribution >= 4 is 17.6 Å². The first-order chi connectivity index (χ1) is 9.53. The Morgan fingerprint density at radius 1 is 1.35 bits per heavy atom. The summed E-state index contributed by atoms with van der Waals surface area (Å²) < 4.78 is 10.6. The van der Waals surface area contributed by atoms with E-state index < -0.39 is 17.3 Å². The predicted octanol–water partition coefficient (Wildman–Crippen LogP) is 1.90. The molecule has 0 saturated heterocycles. The van der Waals surface area contributed by atoms with Gasteiger partial charge in [0, 0.05) is 11.8 Å². The number of hydrogen-bond donors (Lipinski definition) is 2. The van der Waals surface area contributed by atoms with E-state index in [2.05, 4.69) is 5.32 Å². The third kappa shape index (κ3) is 2.54. The second kappa shape index (κ2) is 5.40. The van der Waals surface area contributed by atoms with E-state index in [1.54, 1.807) is 18.2 Å². The highest BCUT2D eigenvalue weighted by Gasteiger charge is 2.57. The van der Waals surface area contributed by atoms with Gasteiger partial charge >= 0.3 is 5.97 Å². The third-order valence-electron chi connectivity index (χ3n) is 3.32. The zero-order chi connectivity index (χ0) is 14.8. The van der Waals surface area contributed by atoms with Crippen LogP contribution in [0.2, 0.25) is 0 Å². The highest BCUT2D eigenvalue weighted by Crippen LogP contribution is 2.47. The Hall–Kier alpha value is -2.24. The molecule has 6 nitrogen and oxygen atoms in total. The third-order valence-corrected chi connectivity index (χ3v) is 3.32. The molecule has 0 aliphatic heterocycles. The Bertz CT molecular complexity index is 536. The Morgan fingerprint density at radius 3 is 2.55 bits per heavy atom. The summed E-state index contributed by atoms with van der Waals surface area (Å²) in [6.45, 7) is 2.36. The van der Waals surface area contributed by atoms with Gasteiger partial charge in [0.1, 0.15) is 5.41 Å². The summed E-state index contributed by atoms with van der Waals surface area (Å²) in [4.78, 5) is 23.1. The summed E-state index contributed by atoms with van der Waals surface area (Å²) in [5, 5.41) is 11.7. The fraction of sp³-hybridized carbons (Fsp3) is 0.429. The van der Waals surface area contributed by atoms with Crippen LogP contribution in [0.25, 0.3) is 0 Å². The molecule has 2 N–H and O–H groups in total. The van der Waals surface area contributed by atoms with Crippen LogP contribution in [0.15, 0.2) is 18.2 Å². The number of rotatable bonds is 6. The molecule has 20 heavy (non-hydrogen) atoms. The Labute approximate surface area is 116 Å². The van der Waals surface area contributed by atoms with Crippen molar-refractivity contribution in [3.63, 3.8) is 0 Å². The van der Waals surface area contributed by atoms with E-state index in [4.69, 9.17) is 14.6 Å². The first-order valence-electron chi connectivity index (χ1n) is 6.39. The number of carbonyl (C=O) groups is 2. The summed E-state index contributed by atoms with van der Waals surface area (Å²) in [5.74, 6) is -0.499. The second-order valence-electron chi connectivity index (χ2n) is 4.64. The molecule has 1 aliphatic rings. The number of ether oxygens (including phenoxy) is 2. The standard InChI is InChI=1S/C14H17NO5/c1-3-20-10-5-4-9(8-11(10)19-2)15-12(16)14(6-7-14)13(17)18/h4-5,8H,3,6-7H2,1-2H3,(H,15,16)(H,17,18). The molecule has 1 amide bonds. The van der Waals surface area contributed by atoms with Gasteiger partial charge in [-0.2, -0.15) is 0 Å². The van der Waals surface area contributed by atoms with E-state index >= 15 is 0 Å². The summed E-state index contributed by atoms with van der Waals surface area (Å²) in [6, 6.07) is 4.95. The van der Waals surface area contributed by atoms with E-state index in [1.165, 1.54) is 7.11 Å². The Morgan fingerprint density at radius 2 is 2.05 bits per heavy atom. The van der Waals surface area contributed by atoms with Gasteiger partial charge in [0.15, 0.2) is 11.5 Å². The number of amides is 1. The van der Waals surface area contributed by atoms with Gasteiger partial charge in [-0.3, -0.25) is 9.59 Å². The number of nitrogens with one attached hydrogen (secondary N) is 1. The lowest BCUT2D eigenvalue weighted by Crippen LogP contribution is -2.31. The van der Waals surface area contributed by atoms with Crippen LogP contribution in [-0.2, 0) is 9.59 Å². The van der Waals surface area contributed by atoms with Crippen LogP contribution in [0.1, 0.15) is 19.8 Å². The number of carbonyl (C=O) groups excluding carboxylic acids is 1. The van der Waals surface area contributed by atoms with E-state index in [1.807, 2.05) is 6.92 Å². The molecule has 0 spiro atoms. The molecular formula is C14H17NO5. The molecule has 1 fully saturated rings. The predicted molar refractivity (Wildman–Crippen MR) is 72.1 cm³/mol. The summed E-state index contributed by atoms with van der Waals surface area (Å²) in [6.07, 6.45) is 0.755. The van der Waals surface area contributed by atoms with Crippen LogP contribution in [0, 0.1) is 5.41 Å². The average Bonchev–Trinajstić information content (AvgIpc) is 3.22. The van der Waals surface area contributed by atoms with Crippen molar-refractivity contribution in [2.45, 2.75) is 19.8 Å². The van der Waals surface area contributed by atoms with E-state index in [0.29, 0.717) is 36.6 Å². The number of hydrogen-bond acceptors (Lipinski definition) is 4. The Balaban J connectivity index is 2.14. The van der Waals surface area contributed by atoms with E-state index in [0.717, 1.165) is 0 Å². The molecule has 0 radical (unpaired) electrons. The van der Waals surface area contributed by atoms with Crippen LogP contribution in [0.5, 0.6) is 11.5 Å². The topological polar surface area (TPSA) is 84.9 Å². The number of anilines is 1. The maximum absolute atomic E-state index is 12.0. The molecule has 1 saturated carbocycles. The van der Waals surface area contributed by atoms with Gasteiger partial charge in [-0.25, -0.2) is 0 Å². The normalized spacial score (nSPS) is 15.3. The average molecular weight is 279 g/mol. The van der Waals surface area contributed by atoms with Crippen molar-refractivity contribution in [3.05, 3.63) is 18.2 Å². The molecular weight excluding hydrogens is 262 g/mol. The number of benzene rings is 1. The molecule has 108 valence electrons. The van der Waals surface area contributed by atoms with Crippen LogP contribution in [-0.4, -0.2) is 30.7 Å². The highest BCUT2D eigenvalue weighted by atomic mass is 16.5. The monoisotopic (exact) mass is 279 g/mol. The van der Waals surface area contributed by atoms with Crippen molar-refractivity contribution in [3.8, 4) is 11.5 Å². The number of aliphatic carboxylic acids is 1. The van der Waals surface area contributed by atoms with Gasteiger partial charge in [-0.15, -0.1) is 0 Å². The quantitative estimate of drug-likeness (QED) is 0.777. The van der Waals surface area contributed by atoms with Gasteiger partial charge in [-0.1, -0.05) is 0 Å². The molecule has 6 heteroatoms. The lowest BCUT2D eigenvalue weighted by Gasteiger charge is -2.13. The molecule has 0 unspecified atom stereocenters. The summed E-state index contributed by atoms with van der Waals surface area (Å²) in [7, 11) is 1.50. The largest absolute Gasteiger partial charge is 0.493 e. The fourth-order valence-corrected chi connectivity index (χ4v) is 1.93. The van der Waals surface area contributed by atoms with Crippen LogP contribution < -0.4 is 14.8 Å². The number of methoxy groups -OCH3 is 1. The number of carboxylic acids is 1. The van der Waals surface area contributed by atoms with Crippen LogP contribution >= 0.6 is 0 Å². The minimum Gasteiger partial charge on any atom is -0.493 e. The molecule has 0 aromatic heterocycles. The molecule has 0 atom stereocenters. The first-order valence-corrected chi connectivity index (χ1v) is 6.39. The zero-order valence-corrected chi connectivity index (χ0v) is 11.4. The maximum Gasteiger partial charge on any atom is 0.319 e. The van der Waals surface area contributed by atoms with Gasteiger partial charge < -0.3 is 19.9 Å². The first kappa shape index (κ1) is 14.2. The molecule has 0 bridgehead atoms. The van der Waals surface area contributed by atoms with Crippen LogP contribution in [0.4, 0.5) is 5.69 Å². The minimum absolute atomic E-state index is 0.377. The van der Waals surface area contributed by atoms with Crippen molar-refractivity contribution < 1.29 is 24.2 Å². The minimum atomic E-state index is -1.26. The van der Waals surface area contributed by atoms with Crippen molar-refractivity contribution in [2.75, 3.05) is 19.0 Å². The van der Waals surface area contributed by atoms with Gasteiger partial charge in [-0.05, 0) is 31.9 Å². The number of carboxylic acid groups (broad SMARTS) is 1.